The number of carbonyl (C=O) groups is 2. The van der Waals surface area contributed by atoms with Crippen LogP contribution in [-0.4, -0.2) is 43.4 Å². The molecule has 0 bridgehead atoms. The molecule has 142 valence electrons. The molecule has 27 heavy (non-hydrogen) atoms. The van der Waals surface area contributed by atoms with Gasteiger partial charge in [0.15, 0.2) is 0 Å². The van der Waals surface area contributed by atoms with E-state index in [1.807, 2.05) is 47.2 Å². The van der Waals surface area contributed by atoms with Crippen molar-refractivity contribution in [1.82, 2.24) is 4.90 Å². The number of carbonyl (C=O) groups excluding carboxylic acids is 2. The summed E-state index contributed by atoms with van der Waals surface area (Å²) in [6.45, 7) is 1.94. The van der Waals surface area contributed by atoms with Gasteiger partial charge in [0, 0.05) is 37.1 Å². The Labute approximate surface area is 161 Å². The molecular weight excluding hydrogens is 338 g/mol. The number of hydrogen-bond acceptors (Lipinski definition) is 3. The third-order valence-corrected chi connectivity index (χ3v) is 4.89. The van der Waals surface area contributed by atoms with Crippen molar-refractivity contribution >= 4 is 23.2 Å². The number of amides is 2. The summed E-state index contributed by atoms with van der Waals surface area (Å²) in [4.78, 5) is 28.7. The van der Waals surface area contributed by atoms with Crippen LogP contribution >= 0.6 is 0 Å². The van der Waals surface area contributed by atoms with Gasteiger partial charge in [0.25, 0.3) is 5.91 Å². The Morgan fingerprint density at radius 1 is 0.926 bits per heavy atom. The van der Waals surface area contributed by atoms with E-state index in [1.54, 1.807) is 24.3 Å². The van der Waals surface area contributed by atoms with Crippen LogP contribution in [0.2, 0.25) is 0 Å². The molecule has 1 fully saturated rings. The van der Waals surface area contributed by atoms with Crippen LogP contribution in [0.5, 0.6) is 0 Å². The quantitative estimate of drug-likeness (QED) is 0.877. The summed E-state index contributed by atoms with van der Waals surface area (Å²) >= 11 is 0. The van der Waals surface area contributed by atoms with Crippen molar-refractivity contribution in [3.05, 3.63) is 60.2 Å². The van der Waals surface area contributed by atoms with E-state index in [9.17, 15) is 9.59 Å². The lowest BCUT2D eigenvalue weighted by atomic mass is 10.1. The van der Waals surface area contributed by atoms with Gasteiger partial charge in [-0.05, 0) is 49.2 Å². The van der Waals surface area contributed by atoms with Crippen molar-refractivity contribution in [2.45, 2.75) is 25.7 Å². The topological polar surface area (TPSA) is 52.7 Å². The largest absolute Gasteiger partial charge is 0.365 e. The zero-order valence-electron chi connectivity index (χ0n) is 15.9. The highest BCUT2D eigenvalue weighted by atomic mass is 16.2. The molecule has 1 aliphatic heterocycles. The van der Waals surface area contributed by atoms with Crippen LogP contribution in [0.1, 0.15) is 36.0 Å². The molecule has 1 aliphatic rings. The zero-order chi connectivity index (χ0) is 19.1. The summed E-state index contributed by atoms with van der Waals surface area (Å²) in [7, 11) is 1.89. The number of hydrogen-bond donors (Lipinski definition) is 1. The minimum absolute atomic E-state index is 0.0820. The number of nitrogens with zero attached hydrogens (tertiary/aromatic N) is 2. The van der Waals surface area contributed by atoms with Crippen molar-refractivity contribution in [3.8, 4) is 0 Å². The van der Waals surface area contributed by atoms with Gasteiger partial charge >= 0.3 is 0 Å². The molecule has 0 spiro atoms. The maximum absolute atomic E-state index is 12.6. The first-order valence-corrected chi connectivity index (χ1v) is 9.59. The van der Waals surface area contributed by atoms with Crippen molar-refractivity contribution in [1.29, 1.82) is 0 Å². The van der Waals surface area contributed by atoms with Crippen LogP contribution in [0.4, 0.5) is 11.4 Å². The second kappa shape index (κ2) is 9.21. The fraction of sp³-hybridized carbons (Fsp3) is 0.364. The molecular formula is C22H27N3O2. The van der Waals surface area contributed by atoms with E-state index in [0.717, 1.165) is 31.6 Å². The Morgan fingerprint density at radius 3 is 2.19 bits per heavy atom. The number of likely N-dealkylation sites (N-methyl/N-ethyl adjacent to an activating group) is 1. The Hall–Kier alpha value is -2.82. The van der Waals surface area contributed by atoms with Crippen LogP contribution in [0.25, 0.3) is 0 Å². The molecule has 1 heterocycles. The fourth-order valence-electron chi connectivity index (χ4n) is 3.34. The van der Waals surface area contributed by atoms with Crippen LogP contribution < -0.4 is 10.2 Å². The maximum atomic E-state index is 12.6. The molecule has 0 radical (unpaired) electrons. The van der Waals surface area contributed by atoms with E-state index in [-0.39, 0.29) is 18.4 Å². The van der Waals surface area contributed by atoms with Gasteiger partial charge in [-0.3, -0.25) is 9.59 Å². The second-order valence-corrected chi connectivity index (χ2v) is 7.02. The Balaban J connectivity index is 1.55. The monoisotopic (exact) mass is 365 g/mol. The molecule has 0 aliphatic carbocycles. The number of nitrogens with one attached hydrogen (secondary N) is 1. The molecule has 1 N–H and O–H groups in total. The first-order valence-electron chi connectivity index (χ1n) is 9.59. The first kappa shape index (κ1) is 19.0. The van der Waals surface area contributed by atoms with Crippen molar-refractivity contribution < 1.29 is 9.59 Å². The molecule has 2 aromatic rings. The van der Waals surface area contributed by atoms with Gasteiger partial charge in [0.2, 0.25) is 5.91 Å². The molecule has 0 saturated carbocycles. The highest BCUT2D eigenvalue weighted by Crippen LogP contribution is 2.16. The summed E-state index contributed by atoms with van der Waals surface area (Å²) in [5.74, 6) is -0.00784. The van der Waals surface area contributed by atoms with Crippen molar-refractivity contribution in [3.63, 3.8) is 0 Å². The highest BCUT2D eigenvalue weighted by Gasteiger charge is 2.17. The number of rotatable bonds is 5. The average Bonchev–Trinajstić information content (AvgIpc) is 2.98. The van der Waals surface area contributed by atoms with E-state index in [2.05, 4.69) is 5.32 Å². The van der Waals surface area contributed by atoms with Gasteiger partial charge < -0.3 is 15.1 Å². The van der Waals surface area contributed by atoms with Crippen molar-refractivity contribution in [2.75, 3.05) is 36.9 Å². The van der Waals surface area contributed by atoms with Gasteiger partial charge in [-0.15, -0.1) is 0 Å². The number of para-hydroxylation sites is 1. The smallest absolute Gasteiger partial charge is 0.253 e. The van der Waals surface area contributed by atoms with Crippen LogP contribution in [-0.2, 0) is 4.79 Å². The summed E-state index contributed by atoms with van der Waals surface area (Å²) in [5.41, 5.74) is 2.37. The summed E-state index contributed by atoms with van der Waals surface area (Å²) in [5, 5.41) is 2.89. The lowest BCUT2D eigenvalue weighted by Crippen LogP contribution is -2.32. The molecule has 0 atom stereocenters. The van der Waals surface area contributed by atoms with E-state index >= 15 is 0 Å². The van der Waals surface area contributed by atoms with Crippen LogP contribution in [0.3, 0.4) is 0 Å². The number of benzene rings is 2. The predicted molar refractivity (Wildman–Crippen MR) is 109 cm³/mol. The minimum Gasteiger partial charge on any atom is -0.365 e. The minimum atomic E-state index is -0.0899. The maximum Gasteiger partial charge on any atom is 0.253 e. The molecule has 5 nitrogen and oxygen atoms in total. The highest BCUT2D eigenvalue weighted by molar-refractivity contribution is 5.96. The summed E-state index contributed by atoms with van der Waals surface area (Å²) in [6, 6.07) is 17.0. The summed E-state index contributed by atoms with van der Waals surface area (Å²) in [6.07, 6.45) is 4.56. The molecule has 0 aromatic heterocycles. The number of likely N-dealkylation sites (tertiary alicyclic amines) is 1. The zero-order valence-corrected chi connectivity index (χ0v) is 15.9. The Bertz CT molecular complexity index is 751. The van der Waals surface area contributed by atoms with Crippen LogP contribution in [0, 0.1) is 0 Å². The molecule has 5 heteroatoms. The third kappa shape index (κ3) is 5.33. The van der Waals surface area contributed by atoms with E-state index < -0.39 is 0 Å². The Kier molecular flexibility index (Phi) is 6.47. The molecule has 0 unspecified atom stereocenters. The fourth-order valence-corrected chi connectivity index (χ4v) is 3.34. The third-order valence-electron chi connectivity index (χ3n) is 4.89. The SMILES string of the molecule is CN(CC(=O)Nc1ccc(C(=O)N2CCCCCC2)cc1)c1ccccc1. The lowest BCUT2D eigenvalue weighted by Gasteiger charge is -2.20. The van der Waals surface area contributed by atoms with E-state index in [0.29, 0.717) is 11.3 Å². The first-order chi connectivity index (χ1) is 13.1. The molecule has 2 aromatic carbocycles. The Morgan fingerprint density at radius 2 is 1.56 bits per heavy atom. The number of anilines is 2. The van der Waals surface area contributed by atoms with Crippen molar-refractivity contribution in [2.24, 2.45) is 0 Å². The second-order valence-electron chi connectivity index (χ2n) is 7.02. The molecule has 3 rings (SSSR count). The van der Waals surface area contributed by atoms with Crippen LogP contribution in [0.15, 0.2) is 54.6 Å². The standard InChI is InChI=1S/C22H27N3O2/c1-24(20-9-5-4-6-10-20)17-21(26)23-19-13-11-18(12-14-19)22(27)25-15-7-2-3-8-16-25/h4-6,9-14H,2-3,7-8,15-17H2,1H3,(H,23,26). The van der Waals surface area contributed by atoms with Gasteiger partial charge in [-0.25, -0.2) is 0 Å². The summed E-state index contributed by atoms with van der Waals surface area (Å²) < 4.78 is 0. The van der Waals surface area contributed by atoms with Gasteiger partial charge in [0.1, 0.15) is 0 Å². The van der Waals surface area contributed by atoms with E-state index in [1.165, 1.54) is 12.8 Å². The van der Waals surface area contributed by atoms with Gasteiger partial charge in [0.05, 0.1) is 6.54 Å². The predicted octanol–water partition coefficient (Wildman–Crippen LogP) is 3.78. The van der Waals surface area contributed by atoms with Gasteiger partial charge in [-0.2, -0.15) is 0 Å². The molecule has 2 amide bonds. The lowest BCUT2D eigenvalue weighted by molar-refractivity contribution is -0.114. The average molecular weight is 365 g/mol. The van der Waals surface area contributed by atoms with E-state index in [4.69, 9.17) is 0 Å². The normalized spacial score (nSPS) is 14.3. The molecule has 1 saturated heterocycles. The van der Waals surface area contributed by atoms with Gasteiger partial charge in [-0.1, -0.05) is 31.0 Å².